The first-order valence-corrected chi connectivity index (χ1v) is 7.20. The van der Waals surface area contributed by atoms with Crippen molar-refractivity contribution in [2.75, 3.05) is 5.73 Å². The number of anilines is 1. The van der Waals surface area contributed by atoms with Gasteiger partial charge in [-0.05, 0) is 42.8 Å². The fourth-order valence-corrected chi connectivity index (χ4v) is 2.65. The van der Waals surface area contributed by atoms with Crippen LogP contribution in [-0.2, 0) is 0 Å². The molecule has 1 heterocycles. The molecule has 0 aliphatic rings. The van der Waals surface area contributed by atoms with Crippen molar-refractivity contribution in [2.24, 2.45) is 0 Å². The maximum absolute atomic E-state index is 13.1. The molecule has 0 aliphatic carbocycles. The molecule has 0 saturated heterocycles. The highest BCUT2D eigenvalue weighted by Crippen LogP contribution is 2.33. The Morgan fingerprint density at radius 2 is 1.91 bits per heavy atom. The second-order valence-electron chi connectivity index (χ2n) is 5.09. The lowest BCUT2D eigenvalue weighted by Gasteiger charge is -2.03. The summed E-state index contributed by atoms with van der Waals surface area (Å²) in [6.45, 7) is 1.92. The van der Waals surface area contributed by atoms with E-state index in [1.54, 1.807) is 24.3 Å². The van der Waals surface area contributed by atoms with Gasteiger partial charge in [-0.25, -0.2) is 9.07 Å². The van der Waals surface area contributed by atoms with Crippen LogP contribution in [0.15, 0.2) is 42.5 Å². The molecule has 0 atom stereocenters. The van der Waals surface area contributed by atoms with Crippen molar-refractivity contribution in [3.05, 3.63) is 64.4 Å². The first-order valence-electron chi connectivity index (χ1n) is 6.82. The van der Waals surface area contributed by atoms with Gasteiger partial charge in [-0.3, -0.25) is 0 Å². The van der Waals surface area contributed by atoms with Crippen molar-refractivity contribution in [2.45, 2.75) is 6.92 Å². The van der Waals surface area contributed by atoms with E-state index >= 15 is 0 Å². The summed E-state index contributed by atoms with van der Waals surface area (Å²) in [5.41, 5.74) is 8.88. The molecule has 4 nitrogen and oxygen atoms in total. The number of nitrogens with two attached hydrogens (primary N) is 1. The average Bonchev–Trinajstić information content (AvgIpc) is 2.84. The van der Waals surface area contributed by atoms with Gasteiger partial charge in [-0.15, -0.1) is 0 Å². The van der Waals surface area contributed by atoms with Gasteiger partial charge in [0.1, 0.15) is 29.0 Å². The van der Waals surface area contributed by atoms with Gasteiger partial charge in [0, 0.05) is 5.56 Å². The van der Waals surface area contributed by atoms with Gasteiger partial charge in [0.2, 0.25) is 0 Å². The SMILES string of the molecule is Cc1ccc(-c2nn(-c3ccc(F)cc3)c(N)c2C#N)c(Cl)c1. The molecule has 0 fully saturated rings. The zero-order valence-electron chi connectivity index (χ0n) is 12.2. The number of aromatic nitrogens is 2. The second-order valence-corrected chi connectivity index (χ2v) is 5.50. The number of rotatable bonds is 2. The van der Waals surface area contributed by atoms with Crippen LogP contribution in [0.4, 0.5) is 10.2 Å². The van der Waals surface area contributed by atoms with Crippen LogP contribution < -0.4 is 5.73 Å². The van der Waals surface area contributed by atoms with Crippen LogP contribution >= 0.6 is 11.6 Å². The summed E-state index contributed by atoms with van der Waals surface area (Å²) < 4.78 is 14.5. The van der Waals surface area contributed by atoms with E-state index in [0.717, 1.165) is 5.56 Å². The summed E-state index contributed by atoms with van der Waals surface area (Å²) >= 11 is 6.27. The lowest BCUT2D eigenvalue weighted by atomic mass is 10.1. The van der Waals surface area contributed by atoms with Crippen LogP contribution in [-0.4, -0.2) is 9.78 Å². The van der Waals surface area contributed by atoms with Crippen molar-refractivity contribution in [1.29, 1.82) is 5.26 Å². The Bertz CT molecular complexity index is 923. The van der Waals surface area contributed by atoms with E-state index in [-0.39, 0.29) is 17.2 Å². The lowest BCUT2D eigenvalue weighted by Crippen LogP contribution is -2.02. The molecule has 2 aromatic carbocycles. The molecule has 6 heteroatoms. The predicted octanol–water partition coefficient (Wildman–Crippen LogP) is 4.09. The third kappa shape index (κ3) is 2.65. The highest BCUT2D eigenvalue weighted by molar-refractivity contribution is 6.33. The van der Waals surface area contributed by atoms with E-state index in [1.165, 1.54) is 16.8 Å². The van der Waals surface area contributed by atoms with Gasteiger partial charge in [-0.2, -0.15) is 10.4 Å². The third-order valence-corrected chi connectivity index (χ3v) is 3.80. The molecule has 3 rings (SSSR count). The Morgan fingerprint density at radius 1 is 1.22 bits per heavy atom. The summed E-state index contributed by atoms with van der Waals surface area (Å²) in [4.78, 5) is 0. The molecule has 1 aromatic heterocycles. The number of nitrogen functional groups attached to an aromatic ring is 1. The first kappa shape index (κ1) is 15.1. The topological polar surface area (TPSA) is 67.6 Å². The summed E-state index contributed by atoms with van der Waals surface area (Å²) in [5.74, 6) is -0.174. The normalized spacial score (nSPS) is 10.5. The third-order valence-electron chi connectivity index (χ3n) is 3.48. The maximum Gasteiger partial charge on any atom is 0.145 e. The number of hydrogen-bond acceptors (Lipinski definition) is 3. The Balaban J connectivity index is 2.21. The van der Waals surface area contributed by atoms with Crippen molar-refractivity contribution in [3.63, 3.8) is 0 Å². The van der Waals surface area contributed by atoms with Crippen LogP contribution in [0.3, 0.4) is 0 Å². The van der Waals surface area contributed by atoms with E-state index < -0.39 is 0 Å². The zero-order valence-corrected chi connectivity index (χ0v) is 13.0. The molecular formula is C17H12ClFN4. The molecule has 114 valence electrons. The minimum Gasteiger partial charge on any atom is -0.382 e. The van der Waals surface area contributed by atoms with Gasteiger partial charge in [-0.1, -0.05) is 23.7 Å². The van der Waals surface area contributed by atoms with Gasteiger partial charge in [0.05, 0.1) is 10.7 Å². The number of halogens is 2. The minimum absolute atomic E-state index is 0.186. The molecule has 0 spiro atoms. The summed E-state index contributed by atoms with van der Waals surface area (Å²) in [6, 6.07) is 13.2. The molecule has 0 radical (unpaired) electrons. The Labute approximate surface area is 137 Å². The van der Waals surface area contributed by atoms with Crippen molar-refractivity contribution in [3.8, 4) is 23.0 Å². The highest BCUT2D eigenvalue weighted by atomic mass is 35.5. The van der Waals surface area contributed by atoms with Crippen LogP contribution in [0.2, 0.25) is 5.02 Å². The van der Waals surface area contributed by atoms with Gasteiger partial charge < -0.3 is 5.73 Å². The Morgan fingerprint density at radius 3 is 2.52 bits per heavy atom. The fraction of sp³-hybridized carbons (Fsp3) is 0.0588. The van der Waals surface area contributed by atoms with E-state index in [9.17, 15) is 9.65 Å². The quantitative estimate of drug-likeness (QED) is 0.771. The summed E-state index contributed by atoms with van der Waals surface area (Å²) in [6.07, 6.45) is 0. The van der Waals surface area contributed by atoms with Gasteiger partial charge in [0.15, 0.2) is 0 Å². The van der Waals surface area contributed by atoms with Gasteiger partial charge >= 0.3 is 0 Å². The highest BCUT2D eigenvalue weighted by Gasteiger charge is 2.19. The van der Waals surface area contributed by atoms with E-state index in [1.807, 2.05) is 13.0 Å². The number of nitrogens with zero attached hydrogens (tertiary/aromatic N) is 3. The molecular weight excluding hydrogens is 315 g/mol. The van der Waals surface area contributed by atoms with Crippen molar-refractivity contribution < 1.29 is 4.39 Å². The molecule has 3 aromatic rings. The summed E-state index contributed by atoms with van der Waals surface area (Å²) in [7, 11) is 0. The van der Waals surface area contributed by atoms with Crippen LogP contribution in [0.25, 0.3) is 16.9 Å². The monoisotopic (exact) mass is 326 g/mol. The first-order chi connectivity index (χ1) is 11.0. The van der Waals surface area contributed by atoms with Gasteiger partial charge in [0.25, 0.3) is 0 Å². The summed E-state index contributed by atoms with van der Waals surface area (Å²) in [5, 5.41) is 14.3. The number of aryl methyl sites for hydroxylation is 1. The van der Waals surface area contributed by atoms with E-state index in [4.69, 9.17) is 17.3 Å². The molecule has 0 saturated carbocycles. The van der Waals surface area contributed by atoms with Crippen LogP contribution in [0.5, 0.6) is 0 Å². The maximum atomic E-state index is 13.1. The number of nitriles is 1. The van der Waals surface area contributed by atoms with Crippen LogP contribution in [0.1, 0.15) is 11.1 Å². The van der Waals surface area contributed by atoms with Crippen LogP contribution in [0, 0.1) is 24.1 Å². The van der Waals surface area contributed by atoms with Crippen molar-refractivity contribution >= 4 is 17.4 Å². The average molecular weight is 327 g/mol. The lowest BCUT2D eigenvalue weighted by molar-refractivity contribution is 0.627. The minimum atomic E-state index is -0.359. The Hall–Kier alpha value is -2.84. The molecule has 0 bridgehead atoms. The smallest absolute Gasteiger partial charge is 0.145 e. The zero-order chi connectivity index (χ0) is 16.6. The molecule has 0 amide bonds. The predicted molar refractivity (Wildman–Crippen MR) is 87.8 cm³/mol. The number of hydrogen-bond donors (Lipinski definition) is 1. The standard InChI is InChI=1S/C17H12ClFN4/c1-10-2-7-13(15(18)8-10)16-14(9-20)17(21)23(22-16)12-5-3-11(19)4-6-12/h2-8H,21H2,1H3. The molecule has 2 N–H and O–H groups in total. The molecule has 0 aliphatic heterocycles. The molecule has 23 heavy (non-hydrogen) atoms. The van der Waals surface area contributed by atoms with E-state index in [2.05, 4.69) is 11.2 Å². The molecule has 0 unspecified atom stereocenters. The fourth-order valence-electron chi connectivity index (χ4n) is 2.32. The van der Waals surface area contributed by atoms with Crippen molar-refractivity contribution in [1.82, 2.24) is 9.78 Å². The second kappa shape index (κ2) is 5.75. The number of benzene rings is 2. The largest absolute Gasteiger partial charge is 0.382 e. The Kier molecular flexibility index (Phi) is 3.77. The van der Waals surface area contributed by atoms with E-state index in [0.29, 0.717) is 22.0 Å².